The zero-order chi connectivity index (χ0) is 18.3. The molecule has 0 N–H and O–H groups in total. The van der Waals surface area contributed by atoms with Crippen LogP contribution in [0.3, 0.4) is 0 Å². The fraction of sp³-hybridized carbons (Fsp3) is 0.684. The zero-order valence-corrected chi connectivity index (χ0v) is 16.0. The van der Waals surface area contributed by atoms with Gasteiger partial charge in [0, 0.05) is 0 Å². The van der Waals surface area contributed by atoms with Crippen LogP contribution in [0.2, 0.25) is 0 Å². The molecule has 3 rings (SSSR count). The van der Waals surface area contributed by atoms with Crippen molar-refractivity contribution in [1.29, 1.82) is 0 Å². The van der Waals surface area contributed by atoms with Crippen molar-refractivity contribution in [3.8, 4) is 0 Å². The lowest BCUT2D eigenvalue weighted by atomic mass is 9.99. The minimum absolute atomic E-state index is 0.0955. The van der Waals surface area contributed by atoms with E-state index < -0.39 is 7.25 Å². The van der Waals surface area contributed by atoms with E-state index in [0.29, 0.717) is 0 Å². The van der Waals surface area contributed by atoms with Crippen molar-refractivity contribution in [2.24, 2.45) is 0 Å². The first-order valence-electron chi connectivity index (χ1n) is 9.57. The summed E-state index contributed by atoms with van der Waals surface area (Å²) in [5, 5.41) is 1.71. The zero-order valence-electron chi connectivity index (χ0n) is 15.1. The van der Waals surface area contributed by atoms with Gasteiger partial charge in [0.1, 0.15) is 0 Å². The highest BCUT2D eigenvalue weighted by Crippen LogP contribution is 2.54. The molecule has 0 aromatic heterocycles. The molecular weight excluding hydrogens is 346 g/mol. The first-order chi connectivity index (χ1) is 11.8. The minimum Gasteiger partial charge on any atom is -0.418 e. The Morgan fingerprint density at radius 2 is 1.08 bits per heavy atom. The highest BCUT2D eigenvalue weighted by Gasteiger charge is 2.31. The molecule has 2 aliphatic rings. The average Bonchev–Trinajstić information content (AvgIpc) is 2.57. The third kappa shape index (κ3) is 7.68. The second kappa shape index (κ2) is 9.95. The van der Waals surface area contributed by atoms with Crippen LogP contribution in [0.1, 0.15) is 69.8 Å². The molecule has 6 heteroatoms. The van der Waals surface area contributed by atoms with Crippen LogP contribution < -0.4 is 5.30 Å². The summed E-state index contributed by atoms with van der Waals surface area (Å²) < 4.78 is 39.0. The van der Waals surface area contributed by atoms with Crippen LogP contribution in [0.15, 0.2) is 24.3 Å². The molecule has 0 spiro atoms. The highest BCUT2D eigenvalue weighted by atomic mass is 31.1. The first-order valence-corrected chi connectivity index (χ1v) is 11.0. The quantitative estimate of drug-likeness (QED) is 0.301. The van der Waals surface area contributed by atoms with Gasteiger partial charge < -0.3 is 17.3 Å². The molecule has 0 amide bonds. The van der Waals surface area contributed by atoms with Crippen molar-refractivity contribution >= 4 is 20.5 Å². The topological polar surface area (TPSA) is 0 Å². The van der Waals surface area contributed by atoms with E-state index in [1.54, 1.807) is 5.30 Å². The Labute approximate surface area is 150 Å². The molecule has 0 unspecified atom stereocenters. The molecule has 25 heavy (non-hydrogen) atoms. The summed E-state index contributed by atoms with van der Waals surface area (Å²) in [4.78, 5) is 0. The van der Waals surface area contributed by atoms with Gasteiger partial charge in [-0.15, -0.1) is 0 Å². The van der Waals surface area contributed by atoms with Gasteiger partial charge in [0.2, 0.25) is 0 Å². The van der Waals surface area contributed by atoms with Crippen LogP contribution in [0.25, 0.3) is 0 Å². The van der Waals surface area contributed by atoms with Crippen LogP contribution in [-0.4, -0.2) is 18.6 Å². The standard InChI is InChI=1S/C19H29P.BF4/c1-16-12-14-19(15-13-16)20(17-8-4-2-5-9-17)18-10-6-3-7-11-18;2-1(3,4)5/h12-15,17-18H,2-11H2,1H3;/q;-1. The van der Waals surface area contributed by atoms with Gasteiger partial charge in [-0.25, -0.2) is 0 Å². The molecule has 0 nitrogen and oxygen atoms in total. The van der Waals surface area contributed by atoms with E-state index in [1.165, 1.54) is 69.8 Å². The lowest BCUT2D eigenvalue weighted by molar-refractivity contribution is 0.368. The predicted octanol–water partition coefficient (Wildman–Crippen LogP) is 7.07. The molecule has 0 heterocycles. The fourth-order valence-corrected chi connectivity index (χ4v) is 7.93. The highest BCUT2D eigenvalue weighted by molar-refractivity contribution is 7.67. The third-order valence-electron chi connectivity index (χ3n) is 5.27. The summed E-state index contributed by atoms with van der Waals surface area (Å²) in [5.74, 6) is 0. The largest absolute Gasteiger partial charge is 0.673 e. The summed E-state index contributed by atoms with van der Waals surface area (Å²) >= 11 is 0. The van der Waals surface area contributed by atoms with Gasteiger partial charge in [0.15, 0.2) is 0 Å². The molecule has 2 saturated carbocycles. The predicted molar refractivity (Wildman–Crippen MR) is 102 cm³/mol. The summed E-state index contributed by atoms with van der Waals surface area (Å²) in [6.45, 7) is 2.22. The van der Waals surface area contributed by atoms with Crippen LogP contribution in [0.4, 0.5) is 17.3 Å². The van der Waals surface area contributed by atoms with Crippen LogP contribution in [-0.2, 0) is 0 Å². The summed E-state index contributed by atoms with van der Waals surface area (Å²) in [6.07, 6.45) is 15.0. The molecular formula is C19H29BF4P-. The third-order valence-corrected chi connectivity index (χ3v) is 8.77. The number of halogens is 4. The molecule has 0 aliphatic heterocycles. The van der Waals surface area contributed by atoms with Crippen molar-refractivity contribution in [1.82, 2.24) is 0 Å². The summed E-state index contributed by atoms with van der Waals surface area (Å²) in [7, 11) is -5.90. The molecule has 1 aromatic carbocycles. The summed E-state index contributed by atoms with van der Waals surface area (Å²) in [6, 6.07) is 9.61. The van der Waals surface area contributed by atoms with Gasteiger partial charge in [-0.1, -0.05) is 76.3 Å². The Hall–Kier alpha value is -0.565. The van der Waals surface area contributed by atoms with Crippen LogP contribution in [0, 0.1) is 6.92 Å². The Morgan fingerprint density at radius 3 is 1.44 bits per heavy atom. The molecule has 2 aliphatic carbocycles. The van der Waals surface area contributed by atoms with E-state index >= 15 is 0 Å². The number of hydrogen-bond donors (Lipinski definition) is 0. The second-order valence-corrected chi connectivity index (χ2v) is 10.1. The molecule has 2 fully saturated rings. The van der Waals surface area contributed by atoms with Crippen molar-refractivity contribution < 1.29 is 17.3 Å². The molecule has 0 saturated heterocycles. The maximum Gasteiger partial charge on any atom is 0.673 e. The van der Waals surface area contributed by atoms with Gasteiger partial charge in [-0.3, -0.25) is 0 Å². The van der Waals surface area contributed by atoms with Crippen molar-refractivity contribution in [2.75, 3.05) is 0 Å². The Morgan fingerprint density at radius 1 is 0.720 bits per heavy atom. The number of aryl methyl sites for hydroxylation is 1. The summed E-state index contributed by atoms with van der Waals surface area (Å²) in [5.41, 5.74) is 3.48. The minimum atomic E-state index is -6.00. The van der Waals surface area contributed by atoms with E-state index in [9.17, 15) is 17.3 Å². The number of benzene rings is 1. The first kappa shape index (κ1) is 20.7. The monoisotopic (exact) mass is 375 g/mol. The lowest BCUT2D eigenvalue weighted by Gasteiger charge is -2.38. The SMILES string of the molecule is Cc1ccc(P(C2CCCCC2)C2CCCCC2)cc1.F[B-](F)(F)F. The van der Waals surface area contributed by atoms with E-state index in [-0.39, 0.29) is 7.92 Å². The molecule has 0 bridgehead atoms. The van der Waals surface area contributed by atoms with Gasteiger partial charge in [-0.05, 0) is 49.2 Å². The van der Waals surface area contributed by atoms with E-state index in [2.05, 4.69) is 31.2 Å². The normalized spacial score (nSPS) is 20.2. The lowest BCUT2D eigenvalue weighted by Crippen LogP contribution is -2.26. The Bertz CT molecular complexity index is 467. The van der Waals surface area contributed by atoms with Crippen molar-refractivity contribution in [3.63, 3.8) is 0 Å². The molecule has 0 radical (unpaired) electrons. The Balaban J connectivity index is 0.000000399. The van der Waals surface area contributed by atoms with Gasteiger partial charge >= 0.3 is 7.25 Å². The molecule has 1 aromatic rings. The van der Waals surface area contributed by atoms with Gasteiger partial charge in [0.25, 0.3) is 0 Å². The smallest absolute Gasteiger partial charge is 0.418 e. The van der Waals surface area contributed by atoms with E-state index in [1.807, 2.05) is 0 Å². The van der Waals surface area contributed by atoms with Crippen LogP contribution in [0.5, 0.6) is 0 Å². The molecule has 142 valence electrons. The Kier molecular flexibility index (Phi) is 8.25. The van der Waals surface area contributed by atoms with Gasteiger partial charge in [-0.2, -0.15) is 0 Å². The van der Waals surface area contributed by atoms with Crippen molar-refractivity contribution in [2.45, 2.75) is 82.4 Å². The maximum atomic E-state index is 9.75. The average molecular weight is 375 g/mol. The van der Waals surface area contributed by atoms with Crippen molar-refractivity contribution in [3.05, 3.63) is 29.8 Å². The van der Waals surface area contributed by atoms with E-state index in [0.717, 1.165) is 11.3 Å². The van der Waals surface area contributed by atoms with E-state index in [4.69, 9.17) is 0 Å². The molecule has 0 atom stereocenters. The van der Waals surface area contributed by atoms with Crippen LogP contribution >= 0.6 is 7.92 Å². The maximum absolute atomic E-state index is 9.75. The number of hydrogen-bond acceptors (Lipinski definition) is 0. The number of rotatable bonds is 3. The fourth-order valence-electron chi connectivity index (χ4n) is 4.16. The second-order valence-electron chi connectivity index (χ2n) is 7.32. The van der Waals surface area contributed by atoms with Gasteiger partial charge in [0.05, 0.1) is 0 Å².